The van der Waals surface area contributed by atoms with E-state index >= 15 is 0 Å². The average Bonchev–Trinajstić information content (AvgIpc) is 2.15. The standard InChI is InChI=1S/C11H16FNO/c1-8(14)7-13-9(2)10-3-5-11(12)6-4-10/h3-6,8-9,13-14H,7H2,1-2H3/t8-,9?/m0/s1. The van der Waals surface area contributed by atoms with E-state index in [9.17, 15) is 4.39 Å². The Morgan fingerprint density at radius 1 is 1.29 bits per heavy atom. The van der Waals surface area contributed by atoms with Gasteiger partial charge in [-0.2, -0.15) is 0 Å². The van der Waals surface area contributed by atoms with Crippen LogP contribution >= 0.6 is 0 Å². The number of halogens is 1. The van der Waals surface area contributed by atoms with Gasteiger partial charge in [0.1, 0.15) is 5.82 Å². The Hall–Kier alpha value is -0.930. The molecular formula is C11H16FNO. The Morgan fingerprint density at radius 2 is 1.86 bits per heavy atom. The van der Waals surface area contributed by atoms with Gasteiger partial charge in [-0.1, -0.05) is 12.1 Å². The van der Waals surface area contributed by atoms with Crippen LogP contribution in [0, 0.1) is 5.82 Å². The van der Waals surface area contributed by atoms with Crippen LogP contribution in [0.25, 0.3) is 0 Å². The lowest BCUT2D eigenvalue weighted by atomic mass is 10.1. The first-order chi connectivity index (χ1) is 6.59. The van der Waals surface area contributed by atoms with Gasteiger partial charge in [0.2, 0.25) is 0 Å². The third kappa shape index (κ3) is 3.44. The van der Waals surface area contributed by atoms with Crippen LogP contribution in [0.2, 0.25) is 0 Å². The molecule has 0 heterocycles. The van der Waals surface area contributed by atoms with E-state index in [2.05, 4.69) is 5.32 Å². The summed E-state index contributed by atoms with van der Waals surface area (Å²) in [6.07, 6.45) is -0.363. The highest BCUT2D eigenvalue weighted by atomic mass is 19.1. The van der Waals surface area contributed by atoms with Gasteiger partial charge in [0, 0.05) is 12.6 Å². The Balaban J connectivity index is 2.52. The topological polar surface area (TPSA) is 32.3 Å². The van der Waals surface area contributed by atoms with Crippen molar-refractivity contribution in [2.24, 2.45) is 0 Å². The smallest absolute Gasteiger partial charge is 0.123 e. The second-order valence-electron chi connectivity index (χ2n) is 3.53. The molecule has 0 radical (unpaired) electrons. The number of rotatable bonds is 4. The van der Waals surface area contributed by atoms with Crippen molar-refractivity contribution in [3.05, 3.63) is 35.6 Å². The van der Waals surface area contributed by atoms with Crippen LogP contribution in [0.15, 0.2) is 24.3 Å². The molecule has 0 aliphatic rings. The number of nitrogens with one attached hydrogen (secondary N) is 1. The summed E-state index contributed by atoms with van der Waals surface area (Å²) in [6, 6.07) is 6.50. The molecule has 0 amide bonds. The van der Waals surface area contributed by atoms with Gasteiger partial charge in [0.15, 0.2) is 0 Å². The van der Waals surface area contributed by atoms with Gasteiger partial charge in [0.25, 0.3) is 0 Å². The van der Waals surface area contributed by atoms with Crippen molar-refractivity contribution in [1.29, 1.82) is 0 Å². The molecule has 0 bridgehead atoms. The van der Waals surface area contributed by atoms with E-state index in [1.807, 2.05) is 6.92 Å². The van der Waals surface area contributed by atoms with Crippen LogP contribution in [0.1, 0.15) is 25.5 Å². The maximum Gasteiger partial charge on any atom is 0.123 e. The molecule has 1 aromatic carbocycles. The van der Waals surface area contributed by atoms with Gasteiger partial charge in [-0.25, -0.2) is 4.39 Å². The Labute approximate surface area is 83.8 Å². The number of hydrogen-bond donors (Lipinski definition) is 2. The normalized spacial score (nSPS) is 15.1. The molecule has 1 aromatic rings. The largest absolute Gasteiger partial charge is 0.392 e. The van der Waals surface area contributed by atoms with Crippen LogP contribution < -0.4 is 5.32 Å². The summed E-state index contributed by atoms with van der Waals surface area (Å²) in [5, 5.41) is 12.2. The zero-order valence-electron chi connectivity index (χ0n) is 8.50. The van der Waals surface area contributed by atoms with Crippen LogP contribution in [0.4, 0.5) is 4.39 Å². The van der Waals surface area contributed by atoms with Crippen molar-refractivity contribution in [2.75, 3.05) is 6.54 Å². The maximum atomic E-state index is 12.6. The van der Waals surface area contributed by atoms with Crippen LogP contribution in [0.5, 0.6) is 0 Å². The van der Waals surface area contributed by atoms with Crippen LogP contribution in [0.3, 0.4) is 0 Å². The van der Waals surface area contributed by atoms with Crippen molar-refractivity contribution in [3.8, 4) is 0 Å². The van der Waals surface area contributed by atoms with E-state index in [1.165, 1.54) is 12.1 Å². The highest BCUT2D eigenvalue weighted by Crippen LogP contribution is 2.12. The summed E-state index contributed by atoms with van der Waals surface area (Å²) in [4.78, 5) is 0. The lowest BCUT2D eigenvalue weighted by molar-refractivity contribution is 0.187. The molecule has 2 N–H and O–H groups in total. The molecule has 2 atom stereocenters. The molecule has 0 saturated carbocycles. The molecule has 14 heavy (non-hydrogen) atoms. The predicted molar refractivity (Wildman–Crippen MR) is 54.5 cm³/mol. The summed E-state index contributed by atoms with van der Waals surface area (Å²) >= 11 is 0. The summed E-state index contributed by atoms with van der Waals surface area (Å²) in [5.74, 6) is -0.225. The maximum absolute atomic E-state index is 12.6. The van der Waals surface area contributed by atoms with Gasteiger partial charge in [0.05, 0.1) is 6.10 Å². The fraction of sp³-hybridized carbons (Fsp3) is 0.455. The summed E-state index contributed by atoms with van der Waals surface area (Å²) in [7, 11) is 0. The number of aliphatic hydroxyl groups excluding tert-OH is 1. The number of hydrogen-bond acceptors (Lipinski definition) is 2. The Bertz CT molecular complexity index is 271. The predicted octanol–water partition coefficient (Wildman–Crippen LogP) is 1.86. The first kappa shape index (κ1) is 11.1. The van der Waals surface area contributed by atoms with Crippen molar-refractivity contribution in [2.45, 2.75) is 26.0 Å². The van der Waals surface area contributed by atoms with Crippen molar-refractivity contribution in [1.82, 2.24) is 5.32 Å². The van der Waals surface area contributed by atoms with Crippen LogP contribution in [-0.4, -0.2) is 17.8 Å². The molecular weight excluding hydrogens is 181 g/mol. The van der Waals surface area contributed by atoms with Gasteiger partial charge in [-0.15, -0.1) is 0 Å². The molecule has 0 aliphatic carbocycles. The van der Waals surface area contributed by atoms with Crippen molar-refractivity contribution >= 4 is 0 Å². The van der Waals surface area contributed by atoms with E-state index in [4.69, 9.17) is 5.11 Å². The summed E-state index contributed by atoms with van der Waals surface area (Å²) < 4.78 is 12.6. The van der Waals surface area contributed by atoms with Gasteiger partial charge < -0.3 is 10.4 Å². The minimum atomic E-state index is -0.363. The lowest BCUT2D eigenvalue weighted by Gasteiger charge is -2.15. The van der Waals surface area contributed by atoms with Gasteiger partial charge in [-0.05, 0) is 31.5 Å². The van der Waals surface area contributed by atoms with Gasteiger partial charge >= 0.3 is 0 Å². The molecule has 0 fully saturated rings. The zero-order chi connectivity index (χ0) is 10.6. The second kappa shape index (κ2) is 5.08. The van der Waals surface area contributed by atoms with E-state index in [0.717, 1.165) is 5.56 Å². The quantitative estimate of drug-likeness (QED) is 0.772. The Morgan fingerprint density at radius 3 is 2.36 bits per heavy atom. The zero-order valence-corrected chi connectivity index (χ0v) is 8.50. The molecule has 0 aromatic heterocycles. The second-order valence-corrected chi connectivity index (χ2v) is 3.53. The van der Waals surface area contributed by atoms with Crippen molar-refractivity contribution in [3.63, 3.8) is 0 Å². The van der Waals surface area contributed by atoms with E-state index in [0.29, 0.717) is 6.54 Å². The molecule has 78 valence electrons. The Kier molecular flexibility index (Phi) is 4.04. The fourth-order valence-electron chi connectivity index (χ4n) is 1.22. The van der Waals surface area contributed by atoms with E-state index in [1.54, 1.807) is 19.1 Å². The molecule has 1 unspecified atom stereocenters. The van der Waals surface area contributed by atoms with Gasteiger partial charge in [-0.3, -0.25) is 0 Å². The number of aliphatic hydroxyl groups is 1. The first-order valence-corrected chi connectivity index (χ1v) is 4.76. The van der Waals surface area contributed by atoms with E-state index in [-0.39, 0.29) is 18.0 Å². The SMILES string of the molecule is CC(NC[C@H](C)O)c1ccc(F)cc1. The molecule has 1 rings (SSSR count). The minimum absolute atomic E-state index is 0.130. The average molecular weight is 197 g/mol. The molecule has 0 spiro atoms. The minimum Gasteiger partial charge on any atom is -0.392 e. The van der Waals surface area contributed by atoms with Crippen LogP contribution in [-0.2, 0) is 0 Å². The number of benzene rings is 1. The monoisotopic (exact) mass is 197 g/mol. The molecule has 0 saturated heterocycles. The third-order valence-corrected chi connectivity index (χ3v) is 2.09. The van der Waals surface area contributed by atoms with E-state index < -0.39 is 0 Å². The summed E-state index contributed by atoms with van der Waals surface area (Å²) in [6.45, 7) is 4.25. The third-order valence-electron chi connectivity index (χ3n) is 2.09. The molecule has 3 heteroatoms. The summed E-state index contributed by atoms with van der Waals surface area (Å²) in [5.41, 5.74) is 1.02. The highest BCUT2D eigenvalue weighted by Gasteiger charge is 2.05. The van der Waals surface area contributed by atoms with Crippen molar-refractivity contribution < 1.29 is 9.50 Å². The molecule has 0 aliphatic heterocycles. The fourth-order valence-corrected chi connectivity index (χ4v) is 1.22. The molecule has 2 nitrogen and oxygen atoms in total. The highest BCUT2D eigenvalue weighted by molar-refractivity contribution is 5.19. The lowest BCUT2D eigenvalue weighted by Crippen LogP contribution is -2.27. The first-order valence-electron chi connectivity index (χ1n) is 4.76.